The van der Waals surface area contributed by atoms with Crippen molar-refractivity contribution in [2.45, 2.75) is 89.8 Å². The van der Waals surface area contributed by atoms with Crippen LogP contribution in [0.25, 0.3) is 0 Å². The van der Waals surface area contributed by atoms with Gasteiger partial charge in [-0.25, -0.2) is 4.79 Å². The highest BCUT2D eigenvalue weighted by atomic mass is 16.7. The SMILES string of the molecule is O=C(O)C=CCCCCCCCCCCCOC1CCCCO1. The molecule has 0 saturated carbocycles. The molecule has 23 heavy (non-hydrogen) atoms. The fourth-order valence-electron chi connectivity index (χ4n) is 2.84. The molecule has 1 aliphatic heterocycles. The zero-order valence-electron chi connectivity index (χ0n) is 14.5. The Morgan fingerprint density at radius 2 is 1.65 bits per heavy atom. The number of rotatable bonds is 14. The lowest BCUT2D eigenvalue weighted by molar-refractivity contribution is -0.162. The van der Waals surface area contributed by atoms with Crippen LogP contribution in [0.1, 0.15) is 83.5 Å². The Morgan fingerprint density at radius 3 is 2.26 bits per heavy atom. The maximum Gasteiger partial charge on any atom is 0.327 e. The van der Waals surface area contributed by atoms with Crippen LogP contribution in [0.15, 0.2) is 12.2 Å². The normalized spacial score (nSPS) is 18.5. The smallest absolute Gasteiger partial charge is 0.327 e. The molecule has 0 aromatic heterocycles. The molecule has 0 bridgehead atoms. The molecule has 0 aromatic carbocycles. The van der Waals surface area contributed by atoms with Crippen LogP contribution in [0.5, 0.6) is 0 Å². The molecule has 0 amide bonds. The molecule has 0 spiro atoms. The lowest BCUT2D eigenvalue weighted by Gasteiger charge is -2.22. The second-order valence-corrected chi connectivity index (χ2v) is 6.38. The van der Waals surface area contributed by atoms with Crippen molar-refractivity contribution in [1.82, 2.24) is 0 Å². The van der Waals surface area contributed by atoms with Gasteiger partial charge in [-0.2, -0.15) is 0 Å². The van der Waals surface area contributed by atoms with Gasteiger partial charge in [0.15, 0.2) is 6.29 Å². The molecular weight excluding hydrogens is 292 g/mol. The van der Waals surface area contributed by atoms with Gasteiger partial charge in [0.1, 0.15) is 0 Å². The molecule has 134 valence electrons. The summed E-state index contributed by atoms with van der Waals surface area (Å²) in [4.78, 5) is 10.3. The van der Waals surface area contributed by atoms with Crippen LogP contribution in [0.2, 0.25) is 0 Å². The summed E-state index contributed by atoms with van der Waals surface area (Å²) in [6.45, 7) is 1.70. The van der Waals surface area contributed by atoms with Crippen LogP contribution in [-0.2, 0) is 14.3 Å². The summed E-state index contributed by atoms with van der Waals surface area (Å²) in [7, 11) is 0. The molecular formula is C19H34O4. The molecule has 1 saturated heterocycles. The van der Waals surface area contributed by atoms with E-state index >= 15 is 0 Å². The number of unbranched alkanes of at least 4 members (excludes halogenated alkanes) is 9. The van der Waals surface area contributed by atoms with Crippen LogP contribution in [0.4, 0.5) is 0 Å². The van der Waals surface area contributed by atoms with Crippen molar-refractivity contribution in [2.75, 3.05) is 13.2 Å². The monoisotopic (exact) mass is 326 g/mol. The van der Waals surface area contributed by atoms with Gasteiger partial charge in [-0.15, -0.1) is 0 Å². The molecule has 1 aliphatic rings. The number of ether oxygens (including phenoxy) is 2. The van der Waals surface area contributed by atoms with E-state index in [9.17, 15) is 4.79 Å². The first kappa shape index (κ1) is 20.2. The van der Waals surface area contributed by atoms with E-state index in [-0.39, 0.29) is 6.29 Å². The van der Waals surface area contributed by atoms with Crippen molar-refractivity contribution in [2.24, 2.45) is 0 Å². The minimum absolute atomic E-state index is 0.0640. The van der Waals surface area contributed by atoms with E-state index in [1.807, 2.05) is 0 Å². The Kier molecular flexibility index (Phi) is 12.9. The summed E-state index contributed by atoms with van der Waals surface area (Å²) >= 11 is 0. The molecule has 0 radical (unpaired) electrons. The Balaban J connectivity index is 1.72. The molecule has 0 aliphatic carbocycles. The number of hydrogen-bond donors (Lipinski definition) is 1. The van der Waals surface area contributed by atoms with Gasteiger partial charge in [0.2, 0.25) is 0 Å². The number of hydrogen-bond acceptors (Lipinski definition) is 3. The molecule has 1 unspecified atom stereocenters. The van der Waals surface area contributed by atoms with Crippen LogP contribution in [0, 0.1) is 0 Å². The van der Waals surface area contributed by atoms with Crippen molar-refractivity contribution >= 4 is 5.97 Å². The maximum atomic E-state index is 10.3. The molecule has 1 atom stereocenters. The minimum Gasteiger partial charge on any atom is -0.478 e. The Bertz CT molecular complexity index is 308. The number of aliphatic carboxylic acids is 1. The predicted molar refractivity (Wildman–Crippen MR) is 92.5 cm³/mol. The summed E-state index contributed by atoms with van der Waals surface area (Å²) in [6.07, 6.45) is 18.6. The highest BCUT2D eigenvalue weighted by Crippen LogP contribution is 2.15. The average Bonchev–Trinajstić information content (AvgIpc) is 2.56. The zero-order chi connectivity index (χ0) is 16.6. The van der Waals surface area contributed by atoms with Gasteiger partial charge in [-0.1, -0.05) is 51.0 Å². The zero-order valence-corrected chi connectivity index (χ0v) is 14.5. The summed E-state index contributed by atoms with van der Waals surface area (Å²) in [5, 5.41) is 8.46. The van der Waals surface area contributed by atoms with Gasteiger partial charge in [0.25, 0.3) is 0 Å². The van der Waals surface area contributed by atoms with Crippen molar-refractivity contribution in [3.8, 4) is 0 Å². The summed E-state index contributed by atoms with van der Waals surface area (Å²) < 4.78 is 11.3. The van der Waals surface area contributed by atoms with E-state index in [4.69, 9.17) is 14.6 Å². The quantitative estimate of drug-likeness (QED) is 0.357. The molecule has 4 nitrogen and oxygen atoms in total. The first-order valence-electron chi connectivity index (χ1n) is 9.41. The molecule has 1 N–H and O–H groups in total. The predicted octanol–water partition coefficient (Wildman–Crippen LogP) is 5.07. The Labute approximate surface area is 141 Å². The molecule has 1 fully saturated rings. The van der Waals surface area contributed by atoms with Crippen molar-refractivity contribution in [1.29, 1.82) is 0 Å². The third-order valence-electron chi connectivity index (χ3n) is 4.22. The molecule has 1 heterocycles. The number of carbonyl (C=O) groups is 1. The summed E-state index contributed by atoms with van der Waals surface area (Å²) in [5.41, 5.74) is 0. The third kappa shape index (κ3) is 13.3. The molecule has 0 aromatic rings. The van der Waals surface area contributed by atoms with Crippen LogP contribution < -0.4 is 0 Å². The highest BCUT2D eigenvalue weighted by Gasteiger charge is 2.13. The fraction of sp³-hybridized carbons (Fsp3) is 0.842. The van der Waals surface area contributed by atoms with Gasteiger partial charge < -0.3 is 14.6 Å². The van der Waals surface area contributed by atoms with Gasteiger partial charge in [-0.05, 0) is 38.5 Å². The lowest BCUT2D eigenvalue weighted by atomic mass is 10.1. The second-order valence-electron chi connectivity index (χ2n) is 6.38. The van der Waals surface area contributed by atoms with Crippen LogP contribution in [0.3, 0.4) is 0 Å². The third-order valence-corrected chi connectivity index (χ3v) is 4.22. The topological polar surface area (TPSA) is 55.8 Å². The van der Waals surface area contributed by atoms with Crippen molar-refractivity contribution in [3.05, 3.63) is 12.2 Å². The van der Waals surface area contributed by atoms with E-state index in [1.54, 1.807) is 6.08 Å². The first-order valence-corrected chi connectivity index (χ1v) is 9.41. The second kappa shape index (κ2) is 14.7. The summed E-state index contributed by atoms with van der Waals surface area (Å²) in [5.74, 6) is -0.846. The summed E-state index contributed by atoms with van der Waals surface area (Å²) in [6, 6.07) is 0. The Hall–Kier alpha value is -0.870. The molecule has 4 heteroatoms. The van der Waals surface area contributed by atoms with E-state index in [0.29, 0.717) is 0 Å². The number of carboxylic acids is 1. The van der Waals surface area contributed by atoms with E-state index in [2.05, 4.69) is 0 Å². The van der Waals surface area contributed by atoms with Crippen LogP contribution >= 0.6 is 0 Å². The van der Waals surface area contributed by atoms with Crippen LogP contribution in [-0.4, -0.2) is 30.6 Å². The van der Waals surface area contributed by atoms with E-state index < -0.39 is 5.97 Å². The van der Waals surface area contributed by atoms with Gasteiger partial charge in [0, 0.05) is 19.3 Å². The van der Waals surface area contributed by atoms with E-state index in [1.165, 1.54) is 63.9 Å². The highest BCUT2D eigenvalue weighted by molar-refractivity contribution is 5.79. The molecule has 1 rings (SSSR count). The minimum atomic E-state index is -0.846. The average molecular weight is 326 g/mol. The first-order chi connectivity index (χ1) is 11.3. The van der Waals surface area contributed by atoms with Crippen molar-refractivity contribution < 1.29 is 19.4 Å². The van der Waals surface area contributed by atoms with Gasteiger partial charge in [-0.3, -0.25) is 0 Å². The van der Waals surface area contributed by atoms with Crippen molar-refractivity contribution in [3.63, 3.8) is 0 Å². The largest absolute Gasteiger partial charge is 0.478 e. The standard InChI is InChI=1S/C19H34O4/c20-18(21)14-10-8-6-4-2-1-3-5-7-9-12-16-22-19-15-11-13-17-23-19/h10,14,19H,1-9,11-13,15-17H2,(H,20,21). The van der Waals surface area contributed by atoms with Gasteiger partial charge in [0.05, 0.1) is 0 Å². The lowest BCUT2D eigenvalue weighted by Crippen LogP contribution is -2.22. The number of allylic oxidation sites excluding steroid dienone is 1. The van der Waals surface area contributed by atoms with Gasteiger partial charge >= 0.3 is 5.97 Å². The Morgan fingerprint density at radius 1 is 1.00 bits per heavy atom. The van der Waals surface area contributed by atoms with E-state index in [0.717, 1.165) is 38.9 Å². The number of carboxylic acid groups (broad SMARTS) is 1. The maximum absolute atomic E-state index is 10.3. The fourth-order valence-corrected chi connectivity index (χ4v) is 2.84.